The van der Waals surface area contributed by atoms with Crippen LogP contribution in [0.15, 0.2) is 71.8 Å². The molecule has 206 valence electrons. The fourth-order valence-electron chi connectivity index (χ4n) is 3.30. The Balaban J connectivity index is 1.47. The predicted octanol–water partition coefficient (Wildman–Crippen LogP) is 3.39. The van der Waals surface area contributed by atoms with Gasteiger partial charge in [-0.25, -0.2) is 10.2 Å². The second-order valence-electron chi connectivity index (χ2n) is 8.07. The second-order valence-corrected chi connectivity index (χ2v) is 8.07. The number of non-ortho nitro benzene ring substituents is 2. The highest BCUT2D eigenvalue weighted by Crippen LogP contribution is 2.28. The van der Waals surface area contributed by atoms with Crippen LogP contribution in [0, 0.1) is 20.2 Å². The zero-order chi connectivity index (χ0) is 29.1. The van der Waals surface area contributed by atoms with Gasteiger partial charge in [0.25, 0.3) is 17.3 Å². The summed E-state index contributed by atoms with van der Waals surface area (Å²) in [5.74, 6) is -1.44. The Morgan fingerprint density at radius 1 is 0.900 bits per heavy atom. The Hall–Kier alpha value is -5.66. The Bertz CT molecular complexity index is 1470. The van der Waals surface area contributed by atoms with Gasteiger partial charge in [0.2, 0.25) is 5.91 Å². The van der Waals surface area contributed by atoms with Crippen LogP contribution in [0.25, 0.3) is 0 Å². The number of benzene rings is 3. The van der Waals surface area contributed by atoms with Crippen molar-refractivity contribution in [2.45, 2.75) is 12.8 Å². The van der Waals surface area contributed by atoms with Crippen LogP contribution in [-0.4, -0.2) is 47.5 Å². The smallest absolute Gasteiger partial charge is 0.343 e. The topological polar surface area (TPSA) is 192 Å². The molecular formula is C26H23N5O9. The number of nitro groups is 2. The van der Waals surface area contributed by atoms with Crippen molar-refractivity contribution in [3.05, 3.63) is 104 Å². The second kappa shape index (κ2) is 13.8. The molecule has 0 bridgehead atoms. The van der Waals surface area contributed by atoms with Crippen LogP contribution < -0.4 is 20.2 Å². The first-order chi connectivity index (χ1) is 19.2. The van der Waals surface area contributed by atoms with Crippen LogP contribution in [-0.2, 0) is 4.79 Å². The molecule has 0 heterocycles. The number of ether oxygens (including phenoxy) is 2. The molecule has 2 amide bonds. The molecule has 0 saturated heterocycles. The Kier molecular flexibility index (Phi) is 9.94. The van der Waals surface area contributed by atoms with Crippen molar-refractivity contribution in [2.24, 2.45) is 5.10 Å². The summed E-state index contributed by atoms with van der Waals surface area (Å²) < 4.78 is 10.6. The molecule has 2 N–H and O–H groups in total. The Morgan fingerprint density at radius 2 is 1.55 bits per heavy atom. The fraction of sp³-hybridized carbons (Fsp3) is 0.154. The average Bonchev–Trinajstić information content (AvgIpc) is 2.95. The summed E-state index contributed by atoms with van der Waals surface area (Å²) >= 11 is 0. The average molecular weight is 549 g/mol. The molecule has 40 heavy (non-hydrogen) atoms. The molecule has 0 aliphatic rings. The molecule has 0 aliphatic carbocycles. The molecule has 0 fully saturated rings. The van der Waals surface area contributed by atoms with Crippen molar-refractivity contribution in [1.29, 1.82) is 0 Å². The first-order valence-electron chi connectivity index (χ1n) is 11.7. The molecule has 0 saturated carbocycles. The zero-order valence-electron chi connectivity index (χ0n) is 21.1. The summed E-state index contributed by atoms with van der Waals surface area (Å²) in [4.78, 5) is 57.1. The lowest BCUT2D eigenvalue weighted by molar-refractivity contribution is -0.385. The van der Waals surface area contributed by atoms with Gasteiger partial charge in [-0.2, -0.15) is 5.10 Å². The molecule has 0 aromatic heterocycles. The minimum atomic E-state index is -0.808. The highest BCUT2D eigenvalue weighted by Gasteiger charge is 2.16. The maximum Gasteiger partial charge on any atom is 0.343 e. The Labute approximate surface area is 226 Å². The molecule has 3 rings (SSSR count). The van der Waals surface area contributed by atoms with E-state index in [4.69, 9.17) is 9.47 Å². The molecule has 14 heteroatoms. The van der Waals surface area contributed by atoms with Gasteiger partial charge in [-0.1, -0.05) is 12.1 Å². The molecule has 3 aromatic rings. The van der Waals surface area contributed by atoms with Crippen LogP contribution in [0.3, 0.4) is 0 Å². The van der Waals surface area contributed by atoms with Crippen LogP contribution in [0.1, 0.15) is 39.1 Å². The number of carbonyl (C=O) groups is 3. The minimum Gasteiger partial charge on any atom is -0.493 e. The van der Waals surface area contributed by atoms with Crippen molar-refractivity contribution >= 4 is 35.4 Å². The molecule has 0 atom stereocenters. The third-order valence-electron chi connectivity index (χ3n) is 5.27. The van der Waals surface area contributed by atoms with Gasteiger partial charge in [-0.05, 0) is 42.3 Å². The van der Waals surface area contributed by atoms with E-state index in [2.05, 4.69) is 15.8 Å². The van der Waals surface area contributed by atoms with Crippen LogP contribution in [0.5, 0.6) is 11.5 Å². The summed E-state index contributed by atoms with van der Waals surface area (Å²) in [5, 5.41) is 28.2. The molecule has 0 radical (unpaired) electrons. The minimum absolute atomic E-state index is 0.00629. The first kappa shape index (κ1) is 28.9. The van der Waals surface area contributed by atoms with E-state index in [1.54, 1.807) is 6.07 Å². The van der Waals surface area contributed by atoms with Crippen molar-refractivity contribution in [3.8, 4) is 11.5 Å². The molecule has 0 unspecified atom stereocenters. The third kappa shape index (κ3) is 8.17. The van der Waals surface area contributed by atoms with Gasteiger partial charge in [0.15, 0.2) is 11.5 Å². The summed E-state index contributed by atoms with van der Waals surface area (Å²) in [5.41, 5.74) is 2.55. The van der Waals surface area contributed by atoms with E-state index in [-0.39, 0.29) is 47.0 Å². The first-order valence-corrected chi connectivity index (χ1v) is 11.7. The van der Waals surface area contributed by atoms with E-state index in [1.807, 2.05) is 0 Å². The number of nitro benzene ring substituents is 2. The number of rotatable bonds is 12. The summed E-state index contributed by atoms with van der Waals surface area (Å²) in [6, 6.07) is 14.9. The number of hydrogen-bond acceptors (Lipinski definition) is 10. The summed E-state index contributed by atoms with van der Waals surface area (Å²) in [6.45, 7) is 0.173. The summed E-state index contributed by atoms with van der Waals surface area (Å²) in [6.07, 6.45) is 1.71. The third-order valence-corrected chi connectivity index (χ3v) is 5.27. The largest absolute Gasteiger partial charge is 0.493 e. The van der Waals surface area contributed by atoms with E-state index in [1.165, 1.54) is 67.9 Å². The quantitative estimate of drug-likeness (QED) is 0.0850. The standard InChI is InChI=1S/C26H23N5O9/c1-39-23-13-17(10-11-22(23)40-26(34)19-6-3-8-21(15-19)31(37)38)16-28-29-24(32)9-4-12-27-25(33)18-5-2-7-20(14-18)30(35)36/h2-3,5-8,10-11,13-16H,4,9,12H2,1H3,(H,27,33)(H,29,32)/b28-16+. The summed E-state index contributed by atoms with van der Waals surface area (Å²) in [7, 11) is 1.36. The van der Waals surface area contributed by atoms with E-state index in [9.17, 15) is 34.6 Å². The van der Waals surface area contributed by atoms with E-state index >= 15 is 0 Å². The van der Waals surface area contributed by atoms with Crippen molar-refractivity contribution in [2.75, 3.05) is 13.7 Å². The van der Waals surface area contributed by atoms with Gasteiger partial charge in [0.1, 0.15) is 0 Å². The highest BCUT2D eigenvalue weighted by atomic mass is 16.6. The van der Waals surface area contributed by atoms with Crippen LogP contribution in [0.4, 0.5) is 11.4 Å². The van der Waals surface area contributed by atoms with Crippen molar-refractivity contribution in [3.63, 3.8) is 0 Å². The number of esters is 1. The number of nitrogens with zero attached hydrogens (tertiary/aromatic N) is 3. The molecule has 14 nitrogen and oxygen atoms in total. The highest BCUT2D eigenvalue weighted by molar-refractivity contribution is 5.95. The molecule has 3 aromatic carbocycles. The SMILES string of the molecule is COc1cc(/C=N/NC(=O)CCCNC(=O)c2cccc([N+](=O)[O-])c2)ccc1OC(=O)c1cccc([N+](=O)[O-])c1. The van der Waals surface area contributed by atoms with E-state index < -0.39 is 27.6 Å². The van der Waals surface area contributed by atoms with E-state index in [0.29, 0.717) is 12.0 Å². The number of hydrogen-bond donors (Lipinski definition) is 2. The number of nitrogens with one attached hydrogen (secondary N) is 2. The molecule has 0 spiro atoms. The number of methoxy groups -OCH3 is 1. The van der Waals surface area contributed by atoms with E-state index in [0.717, 1.165) is 6.07 Å². The van der Waals surface area contributed by atoms with Gasteiger partial charge in [-0.3, -0.25) is 29.8 Å². The van der Waals surface area contributed by atoms with Crippen molar-refractivity contribution in [1.82, 2.24) is 10.7 Å². The maximum atomic E-state index is 12.4. The lowest BCUT2D eigenvalue weighted by atomic mass is 10.2. The predicted molar refractivity (Wildman–Crippen MR) is 141 cm³/mol. The Morgan fingerprint density at radius 3 is 2.20 bits per heavy atom. The fourth-order valence-corrected chi connectivity index (χ4v) is 3.30. The van der Waals surface area contributed by atoms with Gasteiger partial charge in [0, 0.05) is 42.8 Å². The van der Waals surface area contributed by atoms with Gasteiger partial charge in [-0.15, -0.1) is 0 Å². The van der Waals surface area contributed by atoms with Crippen molar-refractivity contribution < 1.29 is 33.7 Å². The normalized spacial score (nSPS) is 10.5. The van der Waals surface area contributed by atoms with Gasteiger partial charge in [0.05, 0.1) is 28.7 Å². The van der Waals surface area contributed by atoms with Gasteiger partial charge >= 0.3 is 5.97 Å². The number of hydrazone groups is 1. The zero-order valence-corrected chi connectivity index (χ0v) is 21.1. The molecular weight excluding hydrogens is 526 g/mol. The lowest BCUT2D eigenvalue weighted by Crippen LogP contribution is -2.26. The maximum absolute atomic E-state index is 12.4. The van der Waals surface area contributed by atoms with Crippen LogP contribution in [0.2, 0.25) is 0 Å². The monoisotopic (exact) mass is 549 g/mol. The lowest BCUT2D eigenvalue weighted by Gasteiger charge is -2.10. The van der Waals surface area contributed by atoms with Gasteiger partial charge < -0.3 is 14.8 Å². The number of amides is 2. The molecule has 0 aliphatic heterocycles. The van der Waals surface area contributed by atoms with Crippen LogP contribution >= 0.6 is 0 Å². The number of carbonyl (C=O) groups excluding carboxylic acids is 3.